The van der Waals surface area contributed by atoms with Crippen molar-refractivity contribution in [1.82, 2.24) is 21.3 Å². The van der Waals surface area contributed by atoms with Gasteiger partial charge in [0.05, 0.1) is 6.04 Å². The quantitative estimate of drug-likeness (QED) is 0.512. The second-order valence-electron chi connectivity index (χ2n) is 8.17. The van der Waals surface area contributed by atoms with Crippen molar-refractivity contribution in [2.75, 3.05) is 6.54 Å². The van der Waals surface area contributed by atoms with Crippen molar-refractivity contribution in [3.05, 3.63) is 24.3 Å². The minimum absolute atomic E-state index is 0.0854. The molecule has 0 aliphatic carbocycles. The van der Waals surface area contributed by atoms with E-state index in [4.69, 9.17) is 0 Å². The summed E-state index contributed by atoms with van der Waals surface area (Å²) in [5.41, 5.74) is 0. The van der Waals surface area contributed by atoms with E-state index in [1.165, 1.54) is 6.08 Å². The van der Waals surface area contributed by atoms with E-state index >= 15 is 0 Å². The van der Waals surface area contributed by atoms with Crippen LogP contribution in [0.2, 0.25) is 0 Å². The van der Waals surface area contributed by atoms with Gasteiger partial charge in [0.15, 0.2) is 0 Å². The Hall–Kier alpha value is -2.15. The number of amides is 3. The summed E-state index contributed by atoms with van der Waals surface area (Å²) in [6.45, 7) is 12.3. The molecule has 0 aromatic carbocycles. The summed E-state index contributed by atoms with van der Waals surface area (Å²) in [5, 5.41) is 11.8. The molecule has 0 aromatic rings. The van der Waals surface area contributed by atoms with E-state index in [-0.39, 0.29) is 47.7 Å². The number of rotatable bonds is 6. The number of nitrogens with one attached hydrogen (secondary N) is 4. The molecule has 1 aliphatic heterocycles. The third-order valence-electron chi connectivity index (χ3n) is 4.46. The van der Waals surface area contributed by atoms with Crippen LogP contribution in [0.4, 0.5) is 0 Å². The van der Waals surface area contributed by atoms with Crippen molar-refractivity contribution in [2.24, 2.45) is 11.8 Å². The number of hydrogen-bond acceptors (Lipinski definition) is 4. The van der Waals surface area contributed by atoms with Crippen molar-refractivity contribution in [1.29, 1.82) is 0 Å². The lowest BCUT2D eigenvalue weighted by molar-refractivity contribution is -0.130. The molecule has 0 spiro atoms. The molecule has 4 N–H and O–H groups in total. The Bertz CT molecular complexity index is 596. The van der Waals surface area contributed by atoms with E-state index in [0.29, 0.717) is 13.0 Å². The Morgan fingerprint density at radius 2 is 1.79 bits per heavy atom. The maximum Gasteiger partial charge on any atom is 0.247 e. The summed E-state index contributed by atoms with van der Waals surface area (Å²) >= 11 is 0. The maximum atomic E-state index is 12.8. The molecule has 158 valence electrons. The molecule has 0 unspecified atom stereocenters. The van der Waals surface area contributed by atoms with E-state index in [2.05, 4.69) is 21.3 Å². The Labute approximate surface area is 168 Å². The molecule has 0 radical (unpaired) electrons. The van der Waals surface area contributed by atoms with Crippen LogP contribution in [0.15, 0.2) is 24.3 Å². The first-order chi connectivity index (χ1) is 13.1. The van der Waals surface area contributed by atoms with Crippen molar-refractivity contribution >= 4 is 17.7 Å². The zero-order valence-corrected chi connectivity index (χ0v) is 17.9. The van der Waals surface area contributed by atoms with Crippen LogP contribution in [-0.4, -0.2) is 48.4 Å². The van der Waals surface area contributed by atoms with Gasteiger partial charge >= 0.3 is 0 Å². The normalized spacial score (nSPS) is 24.8. The molecule has 3 atom stereocenters. The molecule has 7 heteroatoms. The molecule has 1 heterocycles. The fourth-order valence-corrected chi connectivity index (χ4v) is 2.83. The average molecular weight is 393 g/mol. The van der Waals surface area contributed by atoms with E-state index in [1.807, 2.05) is 41.5 Å². The summed E-state index contributed by atoms with van der Waals surface area (Å²) in [7, 11) is 0. The summed E-state index contributed by atoms with van der Waals surface area (Å²) < 4.78 is 0. The van der Waals surface area contributed by atoms with Gasteiger partial charge in [-0.3, -0.25) is 14.4 Å². The van der Waals surface area contributed by atoms with Crippen LogP contribution in [0.5, 0.6) is 0 Å². The first-order valence-electron chi connectivity index (χ1n) is 10.1. The van der Waals surface area contributed by atoms with Crippen molar-refractivity contribution < 1.29 is 14.4 Å². The van der Waals surface area contributed by atoms with Crippen molar-refractivity contribution in [3.63, 3.8) is 0 Å². The maximum absolute atomic E-state index is 12.8. The highest BCUT2D eigenvalue weighted by Gasteiger charge is 2.27. The zero-order chi connectivity index (χ0) is 21.3. The van der Waals surface area contributed by atoms with Crippen LogP contribution in [0.25, 0.3) is 0 Å². The Balaban J connectivity index is 2.99. The summed E-state index contributed by atoms with van der Waals surface area (Å²) in [5.74, 6) is -0.491. The van der Waals surface area contributed by atoms with Crippen LogP contribution in [0, 0.1) is 11.8 Å². The van der Waals surface area contributed by atoms with Gasteiger partial charge in [-0.25, -0.2) is 0 Å². The van der Waals surface area contributed by atoms with Gasteiger partial charge in [0.25, 0.3) is 0 Å². The van der Waals surface area contributed by atoms with Crippen LogP contribution in [-0.2, 0) is 14.4 Å². The lowest BCUT2D eigenvalue weighted by Gasteiger charge is -2.27. The number of hydrogen-bond donors (Lipinski definition) is 4. The van der Waals surface area contributed by atoms with Crippen LogP contribution in [0.3, 0.4) is 0 Å². The molecule has 0 saturated heterocycles. The van der Waals surface area contributed by atoms with E-state index in [1.54, 1.807) is 18.2 Å². The third kappa shape index (κ3) is 8.25. The molecule has 0 aromatic heterocycles. The molecule has 0 saturated carbocycles. The van der Waals surface area contributed by atoms with Gasteiger partial charge in [-0.1, -0.05) is 59.8 Å². The number of carbonyl (C=O) groups excluding carboxylic acids is 3. The SMILES string of the molecule is CC(C)N[C@H](C(=O)N[C@H]1/C=C/CCNC(=O)/C=C/[C@H](C(C)C)NC1=O)C(C)C. The predicted molar refractivity (Wildman–Crippen MR) is 112 cm³/mol. The third-order valence-corrected chi connectivity index (χ3v) is 4.46. The molecule has 1 rings (SSSR count). The summed E-state index contributed by atoms with van der Waals surface area (Å²) in [6, 6.07) is -1.31. The monoisotopic (exact) mass is 392 g/mol. The molecule has 0 fully saturated rings. The highest BCUT2D eigenvalue weighted by Crippen LogP contribution is 2.07. The van der Waals surface area contributed by atoms with Gasteiger partial charge < -0.3 is 21.3 Å². The molecule has 0 bridgehead atoms. The highest BCUT2D eigenvalue weighted by molar-refractivity contribution is 5.92. The van der Waals surface area contributed by atoms with Gasteiger partial charge in [0.1, 0.15) is 6.04 Å². The van der Waals surface area contributed by atoms with E-state index in [9.17, 15) is 14.4 Å². The second kappa shape index (κ2) is 11.6. The van der Waals surface area contributed by atoms with Gasteiger partial charge in [0, 0.05) is 24.7 Å². The van der Waals surface area contributed by atoms with Crippen LogP contribution < -0.4 is 21.3 Å². The molecule has 1 aliphatic rings. The van der Waals surface area contributed by atoms with Crippen molar-refractivity contribution in [2.45, 2.75) is 72.1 Å². The summed E-state index contributed by atoms with van der Waals surface area (Å²) in [6.07, 6.45) is 7.21. The molecule has 7 nitrogen and oxygen atoms in total. The average Bonchev–Trinajstić information content (AvgIpc) is 2.59. The van der Waals surface area contributed by atoms with Gasteiger partial charge in [-0.15, -0.1) is 0 Å². The van der Waals surface area contributed by atoms with Crippen LogP contribution >= 0.6 is 0 Å². The molecular weight excluding hydrogens is 356 g/mol. The van der Waals surface area contributed by atoms with E-state index < -0.39 is 6.04 Å². The zero-order valence-electron chi connectivity index (χ0n) is 17.9. The smallest absolute Gasteiger partial charge is 0.247 e. The molecule has 28 heavy (non-hydrogen) atoms. The Morgan fingerprint density at radius 3 is 2.36 bits per heavy atom. The highest BCUT2D eigenvalue weighted by atomic mass is 16.2. The minimum atomic E-state index is -0.771. The summed E-state index contributed by atoms with van der Waals surface area (Å²) in [4.78, 5) is 37.4. The lowest BCUT2D eigenvalue weighted by atomic mass is 10.0. The number of carbonyl (C=O) groups is 3. The Kier molecular flexibility index (Phi) is 9.93. The first-order valence-corrected chi connectivity index (χ1v) is 10.1. The van der Waals surface area contributed by atoms with Gasteiger partial charge in [-0.05, 0) is 18.3 Å². The van der Waals surface area contributed by atoms with Crippen molar-refractivity contribution in [3.8, 4) is 0 Å². The standard InChI is InChI=1S/C21H36N4O3/c1-13(2)16-10-11-18(26)22-12-8-7-9-17(20(27)24-16)25-21(28)19(14(3)4)23-15(5)6/h7,9-11,13-17,19,23H,8,12H2,1-6H3,(H,22,26)(H,24,27)(H,25,28)/b9-7+,11-10+/t16-,17+,19+/m1/s1. The fraction of sp³-hybridized carbons (Fsp3) is 0.667. The van der Waals surface area contributed by atoms with Crippen LogP contribution in [0.1, 0.15) is 48.0 Å². The molecule has 3 amide bonds. The predicted octanol–water partition coefficient (Wildman–Crippen LogP) is 1.27. The fourth-order valence-electron chi connectivity index (χ4n) is 2.83. The van der Waals surface area contributed by atoms with Gasteiger partial charge in [0.2, 0.25) is 17.7 Å². The van der Waals surface area contributed by atoms with E-state index in [0.717, 1.165) is 0 Å². The first kappa shape index (κ1) is 23.9. The minimum Gasteiger partial charge on any atom is -0.352 e. The topological polar surface area (TPSA) is 99.3 Å². The lowest BCUT2D eigenvalue weighted by Crippen LogP contribution is -2.56. The molecular formula is C21H36N4O3. The largest absolute Gasteiger partial charge is 0.352 e. The second-order valence-corrected chi connectivity index (χ2v) is 8.17. The van der Waals surface area contributed by atoms with Gasteiger partial charge in [-0.2, -0.15) is 0 Å². The Morgan fingerprint density at radius 1 is 1.11 bits per heavy atom.